The molecule has 26 rings (SSSR count). The van der Waals surface area contributed by atoms with Crippen molar-refractivity contribution in [2.75, 3.05) is 0 Å². The van der Waals surface area contributed by atoms with Crippen molar-refractivity contribution in [3.63, 3.8) is 0 Å². The summed E-state index contributed by atoms with van der Waals surface area (Å²) < 4.78 is 23.8. The number of aryl methyl sites for hydroxylation is 10. The lowest BCUT2D eigenvalue weighted by atomic mass is 9.61. The maximum Gasteiger partial charge on any atom is 0.297 e. The number of benzene rings is 16. The molecule has 0 atom stereocenters. The predicted octanol–water partition coefficient (Wildman–Crippen LogP) is 28.0. The van der Waals surface area contributed by atoms with E-state index < -0.39 is 0 Å². The lowest BCUT2D eigenvalue weighted by Crippen LogP contribution is -2.44. The Balaban J connectivity index is 0.0000000996. The van der Waals surface area contributed by atoms with Crippen LogP contribution in [0.3, 0.4) is 0 Å². The molecule has 10 heterocycles. The number of para-hydroxylation sites is 7. The Morgan fingerprint density at radius 1 is 0.311 bits per heavy atom. The second-order valence-electron chi connectivity index (χ2n) is 39.0. The molecule has 11 heteroatoms. The average molecular weight is 1760 g/mol. The van der Waals surface area contributed by atoms with Crippen molar-refractivity contribution in [1.82, 2.24) is 27.4 Å². The van der Waals surface area contributed by atoms with E-state index in [4.69, 9.17) is 4.98 Å². The van der Waals surface area contributed by atoms with Gasteiger partial charge in [-0.3, -0.25) is 4.98 Å². The zero-order chi connectivity index (χ0) is 93.1. The molecular weight excluding hydrogens is 1640 g/mol. The van der Waals surface area contributed by atoms with Crippen molar-refractivity contribution >= 4 is 158 Å². The lowest BCUT2D eigenvalue weighted by Gasteiger charge is -2.42. The number of aromatic nitrogens is 11. The molecule has 1 aliphatic rings. The molecule has 0 unspecified atom stereocenters. The van der Waals surface area contributed by atoms with Crippen LogP contribution in [-0.2, 0) is 46.1 Å². The van der Waals surface area contributed by atoms with Crippen LogP contribution in [-0.4, -0.2) is 27.4 Å². The minimum absolute atomic E-state index is 0.0504. The molecule has 0 N–H and O–H groups in total. The summed E-state index contributed by atoms with van der Waals surface area (Å²) in [4.78, 5) is 4.70. The molecule has 0 saturated carbocycles. The fraction of sp³-hybridized carbons (Fsp3) is 0.177. The standard InChI is InChI=1S/C35H35N2.C29H23N2.C23H25N2.C20H16N3.C17H15N2/c1-22(2)26-19-13-20-27(23(3)4)32(26)37-33-30-18-11-10-17-28(30)29-21-12-14-24(5)31(29)34(33)36(6)35(37)25-15-8-7-9-16-25;1-20-12-11-19-24-23-17-9-10-18-25(23)27-28(26(20)24)30(2)29(21-13-5-3-6-14-21)31(27)22-15-7-4-8-16-22;1-14-9-7-10-15-16-11-8-12-17-20(16)25-18(23(4,5)22(17,2)3)13-24(6)21(25)19(14)15;1-13-11-12-21-19-14-7-3-4-8-15(14)23-17-10-6-5-9-16(17)22(2)20(23)18(13)19;1-12-6-5-9-15-13-7-3-4-8-14(13)16-10-11-18(2)19(16)17(12)15/h7-23H,1-6H3;3-19H,1-2H3;7-13H,1-6H3;3-12H,1-2H3;3-11H,1-2H3/q5*+1. The highest BCUT2D eigenvalue weighted by molar-refractivity contribution is 6.26. The van der Waals surface area contributed by atoms with Crippen LogP contribution in [0.1, 0.15) is 117 Å². The van der Waals surface area contributed by atoms with Gasteiger partial charge in [0, 0.05) is 88.3 Å². The van der Waals surface area contributed by atoms with E-state index in [2.05, 4.69) is 517 Å². The van der Waals surface area contributed by atoms with E-state index >= 15 is 0 Å². The van der Waals surface area contributed by atoms with Crippen LogP contribution in [0.15, 0.2) is 352 Å². The first-order valence-electron chi connectivity index (χ1n) is 47.6. The maximum absolute atomic E-state index is 4.70. The molecular formula is C124H114N11+5. The highest BCUT2D eigenvalue weighted by Crippen LogP contribution is 2.52. The van der Waals surface area contributed by atoms with Crippen LogP contribution in [0, 0.1) is 34.6 Å². The minimum atomic E-state index is 0.0504. The number of imidazole rings is 4. The third-order valence-corrected chi connectivity index (χ3v) is 30.0. The van der Waals surface area contributed by atoms with Gasteiger partial charge in [0.2, 0.25) is 0 Å². The first kappa shape index (κ1) is 85.0. The van der Waals surface area contributed by atoms with Crippen LogP contribution in [0.5, 0.6) is 0 Å². The summed E-state index contributed by atoms with van der Waals surface area (Å²) in [5.74, 6) is 3.19. The molecule has 9 aromatic heterocycles. The van der Waals surface area contributed by atoms with E-state index in [1.807, 2.05) is 6.20 Å². The fourth-order valence-corrected chi connectivity index (χ4v) is 22.9. The Labute approximate surface area is 787 Å². The van der Waals surface area contributed by atoms with Gasteiger partial charge in [-0.1, -0.05) is 304 Å². The van der Waals surface area contributed by atoms with Crippen molar-refractivity contribution in [1.29, 1.82) is 0 Å². The molecule has 16 aromatic carbocycles. The number of hydrogen-bond acceptors (Lipinski definition) is 1. The minimum Gasteiger partial charge on any atom is -0.255 e. The van der Waals surface area contributed by atoms with Crippen molar-refractivity contribution < 1.29 is 23.0 Å². The summed E-state index contributed by atoms with van der Waals surface area (Å²) in [5, 5.41) is 20.9. The lowest BCUT2D eigenvalue weighted by molar-refractivity contribution is -0.735. The van der Waals surface area contributed by atoms with Gasteiger partial charge >= 0.3 is 0 Å². The molecule has 1 aliphatic heterocycles. The van der Waals surface area contributed by atoms with E-state index in [0.29, 0.717) is 11.8 Å². The third kappa shape index (κ3) is 13.0. The fourth-order valence-electron chi connectivity index (χ4n) is 22.9. The number of rotatable bonds is 6. The number of fused-ring (bicyclic) bond motifs is 29. The number of nitrogens with zero attached hydrogens (tertiary/aromatic N) is 11. The molecule has 0 spiro atoms. The second-order valence-corrected chi connectivity index (χ2v) is 39.0. The van der Waals surface area contributed by atoms with Gasteiger partial charge in [-0.25, -0.2) is 18.3 Å². The molecule has 660 valence electrons. The highest BCUT2D eigenvalue weighted by Gasteiger charge is 2.50. The average Bonchev–Trinajstić information content (AvgIpc) is 1.59. The second kappa shape index (κ2) is 32.8. The van der Waals surface area contributed by atoms with Gasteiger partial charge in [0.25, 0.3) is 22.9 Å². The van der Waals surface area contributed by atoms with Crippen LogP contribution < -0.4 is 23.0 Å². The normalized spacial score (nSPS) is 12.9. The first-order valence-corrected chi connectivity index (χ1v) is 47.6. The van der Waals surface area contributed by atoms with E-state index in [-0.39, 0.29) is 10.8 Å². The highest BCUT2D eigenvalue weighted by atomic mass is 15.3. The summed E-state index contributed by atoms with van der Waals surface area (Å²) in [6.07, 6.45) is 6.37. The smallest absolute Gasteiger partial charge is 0.255 e. The molecule has 0 saturated heterocycles. The van der Waals surface area contributed by atoms with Gasteiger partial charge in [0.05, 0.1) is 55.6 Å². The SMILES string of the molecule is Cc1cccc2c3cccc4c3n3c(c[n+](C)c3c12)C(C)(C)C4(C)C.Cc1cccc2c3ccccc3c3c(c12)[n+](C)c(-c1ccccc1)n3-c1c(C(C)C)cccc1C(C)C.Cc1cccc2c3ccccc3c3c(c12)[n+](C)c(-c1ccccc1)n3-c1ccccc1.Cc1cccc2c3ccccc3c3cc[n+](C)n3c12.Cc1ccnc2c3ccccc3n3c4ccccc4[n+](C)c3c12. The molecule has 0 fully saturated rings. The molecule has 0 aliphatic carbocycles. The van der Waals surface area contributed by atoms with Crippen LogP contribution >= 0.6 is 0 Å². The Morgan fingerprint density at radius 3 is 1.30 bits per heavy atom. The van der Waals surface area contributed by atoms with Gasteiger partial charge in [0.15, 0.2) is 52.0 Å². The van der Waals surface area contributed by atoms with Gasteiger partial charge in [0.1, 0.15) is 39.6 Å². The third-order valence-electron chi connectivity index (χ3n) is 30.0. The zero-order valence-corrected chi connectivity index (χ0v) is 80.6. The van der Waals surface area contributed by atoms with Crippen molar-refractivity contribution in [2.45, 2.75) is 113 Å². The van der Waals surface area contributed by atoms with Gasteiger partial charge in [-0.05, 0) is 180 Å². The Kier molecular flexibility index (Phi) is 20.6. The van der Waals surface area contributed by atoms with Crippen molar-refractivity contribution in [3.05, 3.63) is 402 Å². The summed E-state index contributed by atoms with van der Waals surface area (Å²) in [6, 6.07) is 120. The summed E-state index contributed by atoms with van der Waals surface area (Å²) in [5.41, 5.74) is 33.5. The molecule has 11 nitrogen and oxygen atoms in total. The topological polar surface area (TPSA) is 55.4 Å². The van der Waals surface area contributed by atoms with Crippen LogP contribution in [0.25, 0.3) is 192 Å². The Bertz CT molecular complexity index is 9140. The van der Waals surface area contributed by atoms with Gasteiger partial charge < -0.3 is 0 Å². The predicted molar refractivity (Wildman–Crippen MR) is 564 cm³/mol. The summed E-state index contributed by atoms with van der Waals surface area (Å²) >= 11 is 0. The largest absolute Gasteiger partial charge is 0.297 e. The maximum atomic E-state index is 4.70. The number of hydrogen-bond donors (Lipinski definition) is 0. The van der Waals surface area contributed by atoms with Gasteiger partial charge in [-0.2, -0.15) is 17.9 Å². The Hall–Kier alpha value is -15.5. The first-order chi connectivity index (χ1) is 65.5. The van der Waals surface area contributed by atoms with Gasteiger partial charge in [-0.15, -0.1) is 9.20 Å². The monoisotopic (exact) mass is 1760 g/mol. The molecule has 0 radical (unpaired) electrons. The zero-order valence-electron chi connectivity index (χ0n) is 80.6. The summed E-state index contributed by atoms with van der Waals surface area (Å²) in [7, 11) is 10.9. The molecule has 135 heavy (non-hydrogen) atoms. The Morgan fingerprint density at radius 2 is 0.733 bits per heavy atom. The number of pyridine rings is 4. The molecule has 25 aromatic rings. The molecule has 0 amide bonds. The van der Waals surface area contributed by atoms with Crippen molar-refractivity contribution in [3.8, 4) is 34.2 Å². The summed E-state index contributed by atoms with van der Waals surface area (Å²) in [6.45, 7) is 29.9. The van der Waals surface area contributed by atoms with E-state index in [1.165, 1.54) is 237 Å². The van der Waals surface area contributed by atoms with E-state index in [0.717, 1.165) is 5.52 Å². The van der Waals surface area contributed by atoms with Crippen LogP contribution in [0.2, 0.25) is 0 Å². The van der Waals surface area contributed by atoms with E-state index in [9.17, 15) is 0 Å². The van der Waals surface area contributed by atoms with Crippen LogP contribution in [0.4, 0.5) is 0 Å². The van der Waals surface area contributed by atoms with Crippen molar-refractivity contribution in [2.24, 2.45) is 35.2 Å². The molecule has 0 bridgehead atoms. The van der Waals surface area contributed by atoms with E-state index in [1.54, 1.807) is 0 Å². The quantitative estimate of drug-likeness (QED) is 0.121.